The van der Waals surface area contributed by atoms with E-state index >= 15 is 0 Å². The molecule has 0 radical (unpaired) electrons. The summed E-state index contributed by atoms with van der Waals surface area (Å²) in [5, 5.41) is 7.11. The molecule has 0 spiro atoms. The van der Waals surface area contributed by atoms with E-state index in [0.29, 0.717) is 19.7 Å². The van der Waals surface area contributed by atoms with E-state index in [1.54, 1.807) is 25.1 Å². The summed E-state index contributed by atoms with van der Waals surface area (Å²) in [6.45, 7) is 3.78. The first-order valence-corrected chi connectivity index (χ1v) is 8.67. The Balaban J connectivity index is 1.72. The van der Waals surface area contributed by atoms with Crippen LogP contribution in [0.4, 0.5) is 0 Å². The maximum atomic E-state index is 12.1. The molecule has 1 aromatic heterocycles. The molecule has 1 amide bonds. The third-order valence-electron chi connectivity index (χ3n) is 3.39. The summed E-state index contributed by atoms with van der Waals surface area (Å²) in [7, 11) is 1.67. The number of amides is 1. The Morgan fingerprint density at radius 3 is 2.87 bits per heavy atom. The first-order chi connectivity index (χ1) is 11.2. The summed E-state index contributed by atoms with van der Waals surface area (Å²) in [6.07, 6.45) is 3.71. The lowest BCUT2D eigenvalue weighted by Crippen LogP contribution is -2.30. The van der Waals surface area contributed by atoms with Gasteiger partial charge in [0.1, 0.15) is 0 Å². The number of hydrogen-bond acceptors (Lipinski definition) is 4. The number of benzene rings is 1. The van der Waals surface area contributed by atoms with E-state index in [0.717, 1.165) is 11.3 Å². The zero-order valence-corrected chi connectivity index (χ0v) is 14.4. The fourth-order valence-electron chi connectivity index (χ4n) is 2.01. The minimum absolute atomic E-state index is 0.0515. The van der Waals surface area contributed by atoms with Crippen molar-refractivity contribution in [1.82, 2.24) is 15.1 Å². The topological polar surface area (TPSA) is 56.1 Å². The van der Waals surface area contributed by atoms with Gasteiger partial charge in [0.05, 0.1) is 24.6 Å². The first kappa shape index (κ1) is 17.6. The van der Waals surface area contributed by atoms with Crippen LogP contribution < -0.4 is 5.32 Å². The van der Waals surface area contributed by atoms with Gasteiger partial charge in [-0.15, -0.1) is 11.8 Å². The van der Waals surface area contributed by atoms with E-state index in [9.17, 15) is 4.79 Å². The minimum Gasteiger partial charge on any atom is -0.383 e. The van der Waals surface area contributed by atoms with Gasteiger partial charge in [0.2, 0.25) is 5.91 Å². The van der Waals surface area contributed by atoms with Crippen LogP contribution >= 0.6 is 11.8 Å². The summed E-state index contributed by atoms with van der Waals surface area (Å²) in [6, 6.07) is 10.2. The Bertz CT molecular complexity index is 601. The number of carbonyl (C=O) groups excluding carboxylic acids is 1. The van der Waals surface area contributed by atoms with Crippen molar-refractivity contribution in [3.8, 4) is 0 Å². The number of methoxy groups -OCH3 is 1. The standard InChI is InChI=1S/C17H23N3O2S/c1-14(23-13-15-6-4-3-5-7-15)17(21)18-10-16-11-19-20(12-16)8-9-22-2/h3-7,11-12,14H,8-10,13H2,1-2H3,(H,18,21)/t14-/m0/s1. The van der Waals surface area contributed by atoms with Crippen molar-refractivity contribution < 1.29 is 9.53 Å². The Morgan fingerprint density at radius 1 is 1.35 bits per heavy atom. The molecule has 23 heavy (non-hydrogen) atoms. The van der Waals surface area contributed by atoms with Gasteiger partial charge in [0, 0.05) is 31.2 Å². The molecule has 0 unspecified atom stereocenters. The molecule has 1 heterocycles. The molecule has 1 atom stereocenters. The smallest absolute Gasteiger partial charge is 0.233 e. The normalized spacial score (nSPS) is 12.1. The molecule has 6 heteroatoms. The molecule has 1 aromatic carbocycles. The van der Waals surface area contributed by atoms with Crippen molar-refractivity contribution in [2.45, 2.75) is 31.0 Å². The van der Waals surface area contributed by atoms with Crippen molar-refractivity contribution in [3.05, 3.63) is 53.9 Å². The lowest BCUT2D eigenvalue weighted by atomic mass is 10.2. The molecule has 0 bridgehead atoms. The van der Waals surface area contributed by atoms with Gasteiger partial charge in [0.25, 0.3) is 0 Å². The SMILES string of the molecule is COCCn1cc(CNC(=O)[C@H](C)SCc2ccccc2)cn1. The maximum absolute atomic E-state index is 12.1. The summed E-state index contributed by atoms with van der Waals surface area (Å²) in [5.41, 5.74) is 2.23. The van der Waals surface area contributed by atoms with Crippen LogP contribution in [0.1, 0.15) is 18.1 Å². The average Bonchev–Trinajstić information content (AvgIpc) is 3.04. The van der Waals surface area contributed by atoms with E-state index in [1.165, 1.54) is 5.56 Å². The highest BCUT2D eigenvalue weighted by Crippen LogP contribution is 2.17. The lowest BCUT2D eigenvalue weighted by molar-refractivity contribution is -0.120. The third-order valence-corrected chi connectivity index (χ3v) is 4.60. The number of hydrogen-bond donors (Lipinski definition) is 1. The second-order valence-electron chi connectivity index (χ2n) is 5.26. The number of nitrogens with zero attached hydrogens (tertiary/aromatic N) is 2. The van der Waals surface area contributed by atoms with Gasteiger partial charge in [0.15, 0.2) is 0 Å². The van der Waals surface area contributed by atoms with Crippen LogP contribution in [-0.2, 0) is 28.4 Å². The van der Waals surface area contributed by atoms with Gasteiger partial charge in [-0.2, -0.15) is 5.10 Å². The second-order valence-corrected chi connectivity index (χ2v) is 6.59. The van der Waals surface area contributed by atoms with Gasteiger partial charge < -0.3 is 10.1 Å². The number of nitrogens with one attached hydrogen (secondary N) is 1. The predicted octanol–water partition coefficient (Wildman–Crippen LogP) is 2.47. The van der Waals surface area contributed by atoms with Crippen LogP contribution in [0.25, 0.3) is 0 Å². The molecule has 0 saturated heterocycles. The van der Waals surface area contributed by atoms with Crippen molar-refractivity contribution in [2.24, 2.45) is 0 Å². The molecule has 1 N–H and O–H groups in total. The summed E-state index contributed by atoms with van der Waals surface area (Å²) in [5.74, 6) is 0.889. The summed E-state index contributed by atoms with van der Waals surface area (Å²) < 4.78 is 6.83. The highest BCUT2D eigenvalue weighted by atomic mass is 32.2. The van der Waals surface area contributed by atoms with E-state index < -0.39 is 0 Å². The van der Waals surface area contributed by atoms with Crippen LogP contribution in [0.3, 0.4) is 0 Å². The Labute approximate surface area is 141 Å². The fraction of sp³-hybridized carbons (Fsp3) is 0.412. The molecule has 0 fully saturated rings. The highest BCUT2D eigenvalue weighted by molar-refractivity contribution is 7.99. The van der Waals surface area contributed by atoms with E-state index in [1.807, 2.05) is 36.0 Å². The third kappa shape index (κ3) is 6.08. The van der Waals surface area contributed by atoms with E-state index in [-0.39, 0.29) is 11.2 Å². The summed E-state index contributed by atoms with van der Waals surface area (Å²) >= 11 is 1.64. The van der Waals surface area contributed by atoms with Crippen LogP contribution in [0.5, 0.6) is 0 Å². The van der Waals surface area contributed by atoms with Crippen molar-refractivity contribution in [3.63, 3.8) is 0 Å². The lowest BCUT2D eigenvalue weighted by Gasteiger charge is -2.11. The number of ether oxygens (including phenoxy) is 1. The fourth-order valence-corrected chi connectivity index (χ4v) is 2.88. The average molecular weight is 333 g/mol. The van der Waals surface area contributed by atoms with Gasteiger partial charge in [-0.05, 0) is 12.5 Å². The van der Waals surface area contributed by atoms with Gasteiger partial charge in [-0.25, -0.2) is 0 Å². The highest BCUT2D eigenvalue weighted by Gasteiger charge is 2.13. The molecule has 0 aliphatic rings. The Morgan fingerprint density at radius 2 is 2.13 bits per heavy atom. The van der Waals surface area contributed by atoms with Crippen molar-refractivity contribution in [2.75, 3.05) is 13.7 Å². The number of rotatable bonds is 9. The van der Waals surface area contributed by atoms with Crippen LogP contribution in [0.15, 0.2) is 42.7 Å². The van der Waals surface area contributed by atoms with Crippen molar-refractivity contribution in [1.29, 1.82) is 0 Å². The van der Waals surface area contributed by atoms with Crippen LogP contribution in [-0.4, -0.2) is 34.7 Å². The number of thioether (sulfide) groups is 1. The molecule has 2 rings (SSSR count). The molecule has 124 valence electrons. The van der Waals surface area contributed by atoms with Gasteiger partial charge in [-0.1, -0.05) is 30.3 Å². The first-order valence-electron chi connectivity index (χ1n) is 7.62. The van der Waals surface area contributed by atoms with Gasteiger partial charge in [-0.3, -0.25) is 9.48 Å². The zero-order chi connectivity index (χ0) is 16.5. The maximum Gasteiger partial charge on any atom is 0.233 e. The Hall–Kier alpha value is -1.79. The number of carbonyl (C=O) groups is 1. The predicted molar refractivity (Wildman–Crippen MR) is 93.1 cm³/mol. The quantitative estimate of drug-likeness (QED) is 0.766. The monoisotopic (exact) mass is 333 g/mol. The van der Waals surface area contributed by atoms with Crippen LogP contribution in [0.2, 0.25) is 0 Å². The van der Waals surface area contributed by atoms with E-state index in [2.05, 4.69) is 22.5 Å². The summed E-state index contributed by atoms with van der Waals surface area (Å²) in [4.78, 5) is 12.1. The molecule has 2 aromatic rings. The molecule has 0 saturated carbocycles. The number of aromatic nitrogens is 2. The van der Waals surface area contributed by atoms with Gasteiger partial charge >= 0.3 is 0 Å². The van der Waals surface area contributed by atoms with Crippen LogP contribution in [0, 0.1) is 0 Å². The minimum atomic E-state index is -0.0845. The molecule has 5 nitrogen and oxygen atoms in total. The molecule has 0 aliphatic carbocycles. The van der Waals surface area contributed by atoms with E-state index in [4.69, 9.17) is 4.74 Å². The molecule has 0 aliphatic heterocycles. The molecular weight excluding hydrogens is 310 g/mol. The second kappa shape index (κ2) is 9.37. The Kier molecular flexibility index (Phi) is 7.16. The molecular formula is C17H23N3O2S. The van der Waals surface area contributed by atoms with Crippen molar-refractivity contribution >= 4 is 17.7 Å². The zero-order valence-electron chi connectivity index (χ0n) is 13.6. The largest absolute Gasteiger partial charge is 0.383 e.